The topological polar surface area (TPSA) is 76.7 Å². The highest BCUT2D eigenvalue weighted by molar-refractivity contribution is 6.31. The number of nitrogens with one attached hydrogen (secondary N) is 2. The van der Waals surface area contributed by atoms with Crippen LogP contribution in [0.2, 0.25) is 10.0 Å². The van der Waals surface area contributed by atoms with Crippen molar-refractivity contribution in [3.05, 3.63) is 117 Å². The van der Waals surface area contributed by atoms with Crippen molar-refractivity contribution in [2.75, 3.05) is 12.4 Å². The fraction of sp³-hybridized carbons (Fsp3) is 0.161. The number of carbonyl (C=O) groups excluding carboxylic acids is 2. The number of hydrogen-bond donors (Lipinski definition) is 2. The first kappa shape index (κ1) is 26.2. The van der Waals surface area contributed by atoms with E-state index in [1.165, 1.54) is 18.2 Å². The monoisotopic (exact) mass is 576 g/mol. The molecule has 3 atom stereocenters. The highest BCUT2D eigenvalue weighted by atomic mass is 35.5. The first-order valence-corrected chi connectivity index (χ1v) is 13.3. The number of methoxy groups -OCH3 is 1. The molecule has 4 aromatic carbocycles. The number of amides is 2. The van der Waals surface area contributed by atoms with Gasteiger partial charge in [-0.25, -0.2) is 4.39 Å². The van der Waals surface area contributed by atoms with Crippen molar-refractivity contribution in [1.82, 2.24) is 5.32 Å². The molecule has 0 unspecified atom stereocenters. The molecule has 2 heterocycles. The van der Waals surface area contributed by atoms with Crippen LogP contribution in [0, 0.1) is 5.82 Å². The maximum Gasteiger partial charge on any atom is 0.238 e. The molecule has 0 bridgehead atoms. The molecule has 6 rings (SSSR count). The van der Waals surface area contributed by atoms with Crippen LogP contribution in [-0.4, -0.2) is 18.9 Å². The summed E-state index contributed by atoms with van der Waals surface area (Å²) in [6.45, 7) is 0. The average molecular weight is 577 g/mol. The van der Waals surface area contributed by atoms with E-state index in [1.54, 1.807) is 67.8 Å². The number of halogens is 3. The zero-order valence-electron chi connectivity index (χ0n) is 21.2. The van der Waals surface area contributed by atoms with Gasteiger partial charge in [0.1, 0.15) is 28.5 Å². The van der Waals surface area contributed by atoms with Crippen molar-refractivity contribution < 1.29 is 23.5 Å². The molecular formula is C31H23Cl2FN2O4. The van der Waals surface area contributed by atoms with E-state index in [4.69, 9.17) is 32.7 Å². The summed E-state index contributed by atoms with van der Waals surface area (Å²) in [7, 11) is 1.56. The van der Waals surface area contributed by atoms with Gasteiger partial charge in [0.05, 0.1) is 13.2 Å². The van der Waals surface area contributed by atoms with E-state index in [0.717, 1.165) is 0 Å². The van der Waals surface area contributed by atoms with Crippen molar-refractivity contribution >= 4 is 40.7 Å². The minimum Gasteiger partial charge on any atom is -0.497 e. The van der Waals surface area contributed by atoms with E-state index < -0.39 is 23.2 Å². The molecule has 0 aromatic heterocycles. The van der Waals surface area contributed by atoms with Crippen LogP contribution in [0.5, 0.6) is 17.2 Å². The Morgan fingerprint density at radius 1 is 0.900 bits per heavy atom. The summed E-state index contributed by atoms with van der Waals surface area (Å²) < 4.78 is 26.4. The highest BCUT2D eigenvalue weighted by Gasteiger charge is 2.61. The Kier molecular flexibility index (Phi) is 6.64. The van der Waals surface area contributed by atoms with Gasteiger partial charge in [0.15, 0.2) is 0 Å². The third kappa shape index (κ3) is 4.35. The quantitative estimate of drug-likeness (QED) is 0.264. The molecule has 9 heteroatoms. The third-order valence-electron chi connectivity index (χ3n) is 7.57. The molecule has 2 N–H and O–H groups in total. The van der Waals surface area contributed by atoms with E-state index in [9.17, 15) is 14.0 Å². The summed E-state index contributed by atoms with van der Waals surface area (Å²) in [5.74, 6) is -0.412. The highest BCUT2D eigenvalue weighted by Crippen LogP contribution is 2.58. The van der Waals surface area contributed by atoms with Crippen LogP contribution < -0.4 is 20.1 Å². The van der Waals surface area contributed by atoms with Gasteiger partial charge in [-0.1, -0.05) is 41.4 Å². The first-order chi connectivity index (χ1) is 19.3. The molecule has 40 heavy (non-hydrogen) atoms. The lowest BCUT2D eigenvalue weighted by Gasteiger charge is -2.46. The smallest absolute Gasteiger partial charge is 0.238 e. The normalized spacial score (nSPS) is 21.5. The van der Waals surface area contributed by atoms with Crippen molar-refractivity contribution in [2.24, 2.45) is 0 Å². The molecule has 202 valence electrons. The van der Waals surface area contributed by atoms with E-state index in [-0.39, 0.29) is 24.0 Å². The molecule has 1 saturated heterocycles. The molecule has 4 aromatic rings. The van der Waals surface area contributed by atoms with Gasteiger partial charge in [0, 0.05) is 33.6 Å². The SMILES string of the molecule is COc1ccc(Oc2ccc(F)cc2[C@H]2NC(=O)C[C@@H](c3cccc(Cl)c3)[C@]23C(=O)Nc2cc(Cl)ccc23)cc1. The minimum absolute atomic E-state index is 0.0102. The van der Waals surface area contributed by atoms with Crippen LogP contribution in [0.25, 0.3) is 0 Å². The van der Waals surface area contributed by atoms with Crippen LogP contribution in [0.3, 0.4) is 0 Å². The summed E-state index contributed by atoms with van der Waals surface area (Å²) in [4.78, 5) is 27.5. The van der Waals surface area contributed by atoms with Gasteiger partial charge >= 0.3 is 0 Å². The molecule has 2 aliphatic rings. The molecule has 0 radical (unpaired) electrons. The number of carbonyl (C=O) groups is 2. The second-order valence-electron chi connectivity index (χ2n) is 9.79. The molecule has 0 aliphatic carbocycles. The number of anilines is 1. The van der Waals surface area contributed by atoms with Gasteiger partial charge in [-0.2, -0.15) is 0 Å². The lowest BCUT2D eigenvalue weighted by Crippen LogP contribution is -2.56. The van der Waals surface area contributed by atoms with Gasteiger partial charge in [0.25, 0.3) is 0 Å². The van der Waals surface area contributed by atoms with Crippen LogP contribution in [-0.2, 0) is 15.0 Å². The molecule has 2 amide bonds. The van der Waals surface area contributed by atoms with Gasteiger partial charge < -0.3 is 20.1 Å². The van der Waals surface area contributed by atoms with Crippen LogP contribution in [0.4, 0.5) is 10.1 Å². The number of ether oxygens (including phenoxy) is 2. The predicted octanol–water partition coefficient (Wildman–Crippen LogP) is 7.17. The van der Waals surface area contributed by atoms with Gasteiger partial charge in [-0.05, 0) is 77.9 Å². The zero-order chi connectivity index (χ0) is 28.0. The first-order valence-electron chi connectivity index (χ1n) is 12.6. The molecule has 2 aliphatic heterocycles. The number of piperidine rings is 1. The fourth-order valence-corrected chi connectivity index (χ4v) is 6.25. The largest absolute Gasteiger partial charge is 0.497 e. The average Bonchev–Trinajstić information content (AvgIpc) is 3.22. The second kappa shape index (κ2) is 10.2. The number of hydrogen-bond acceptors (Lipinski definition) is 4. The van der Waals surface area contributed by atoms with Gasteiger partial charge in [-0.3, -0.25) is 9.59 Å². The molecule has 0 saturated carbocycles. The summed E-state index contributed by atoms with van der Waals surface area (Å²) in [6.07, 6.45) is 0.0102. The van der Waals surface area contributed by atoms with E-state index in [1.807, 2.05) is 6.07 Å². The molecule has 1 fully saturated rings. The second-order valence-corrected chi connectivity index (χ2v) is 10.7. The number of benzene rings is 4. The summed E-state index contributed by atoms with van der Waals surface area (Å²) >= 11 is 12.7. The summed E-state index contributed by atoms with van der Waals surface area (Å²) in [5.41, 5.74) is 0.814. The Bertz CT molecular complexity index is 1650. The summed E-state index contributed by atoms with van der Waals surface area (Å²) in [5, 5.41) is 6.89. The van der Waals surface area contributed by atoms with E-state index >= 15 is 0 Å². The maximum absolute atomic E-state index is 14.9. The lowest BCUT2D eigenvalue weighted by molar-refractivity contribution is -0.131. The fourth-order valence-electron chi connectivity index (χ4n) is 5.88. The molecule has 1 spiro atoms. The Labute approximate surface area is 240 Å². The number of rotatable bonds is 5. The summed E-state index contributed by atoms with van der Waals surface area (Å²) in [6, 6.07) is 22.2. The molecule has 6 nitrogen and oxygen atoms in total. The predicted molar refractivity (Wildman–Crippen MR) is 151 cm³/mol. The van der Waals surface area contributed by atoms with Crippen LogP contribution in [0.15, 0.2) is 84.9 Å². The van der Waals surface area contributed by atoms with Crippen molar-refractivity contribution in [1.29, 1.82) is 0 Å². The zero-order valence-corrected chi connectivity index (χ0v) is 22.7. The van der Waals surface area contributed by atoms with Crippen LogP contribution in [0.1, 0.15) is 35.1 Å². The van der Waals surface area contributed by atoms with Crippen molar-refractivity contribution in [3.63, 3.8) is 0 Å². The van der Waals surface area contributed by atoms with Crippen LogP contribution >= 0.6 is 23.2 Å². The Hall–Kier alpha value is -4.07. The van der Waals surface area contributed by atoms with Gasteiger partial charge in [0.2, 0.25) is 11.8 Å². The maximum atomic E-state index is 14.9. The number of fused-ring (bicyclic) bond motifs is 2. The van der Waals surface area contributed by atoms with Gasteiger partial charge in [-0.15, -0.1) is 0 Å². The Balaban J connectivity index is 1.58. The van der Waals surface area contributed by atoms with E-state index in [2.05, 4.69) is 10.6 Å². The third-order valence-corrected chi connectivity index (χ3v) is 8.04. The minimum atomic E-state index is -1.37. The lowest BCUT2D eigenvalue weighted by atomic mass is 9.59. The van der Waals surface area contributed by atoms with Crippen molar-refractivity contribution in [3.8, 4) is 17.2 Å². The standard InChI is InChI=1S/C31H23Cl2FN2O4/c1-39-21-7-9-22(10-8-21)40-27-12-6-20(34)15-23(27)29-31(24-11-5-19(33)14-26(24)35-30(31)38)25(16-28(37)36-29)17-3-2-4-18(32)13-17/h2-15,25,29H,16H2,1H3,(H,35,38)(H,36,37)/t25-,29+,31-/m0/s1. The molecular weight excluding hydrogens is 554 g/mol. The Morgan fingerprint density at radius 2 is 1.65 bits per heavy atom. The van der Waals surface area contributed by atoms with E-state index in [0.29, 0.717) is 43.9 Å². The van der Waals surface area contributed by atoms with Crippen molar-refractivity contribution in [2.45, 2.75) is 23.8 Å². The Morgan fingerprint density at radius 3 is 2.40 bits per heavy atom.